The van der Waals surface area contributed by atoms with E-state index in [0.717, 1.165) is 24.1 Å². The second kappa shape index (κ2) is 7.50. The van der Waals surface area contributed by atoms with E-state index in [1.807, 2.05) is 30.3 Å². The Labute approximate surface area is 133 Å². The molecule has 0 saturated carbocycles. The number of hydrogen-bond donors (Lipinski definition) is 1. The number of benzene rings is 2. The second-order valence-electron chi connectivity index (χ2n) is 4.68. The van der Waals surface area contributed by atoms with Crippen LogP contribution >= 0.6 is 0 Å². The van der Waals surface area contributed by atoms with Crippen molar-refractivity contribution < 1.29 is 13.3 Å². The van der Waals surface area contributed by atoms with Crippen molar-refractivity contribution in [1.29, 1.82) is 0 Å². The Hall–Kier alpha value is -2.74. The van der Waals surface area contributed by atoms with E-state index in [2.05, 4.69) is 9.93 Å². The quantitative estimate of drug-likeness (QED) is 0.478. The van der Waals surface area contributed by atoms with Crippen LogP contribution in [0.4, 0.5) is 5.69 Å². The number of nitrogens with one attached hydrogen (secondary N) is 1. The molecule has 2 rings (SSSR count). The Balaban J connectivity index is 1.90. The van der Waals surface area contributed by atoms with Crippen LogP contribution < -0.4 is 4.83 Å². The highest BCUT2D eigenvalue weighted by Gasteiger charge is 2.14. The highest BCUT2D eigenvalue weighted by molar-refractivity contribution is 7.89. The lowest BCUT2D eigenvalue weighted by Gasteiger charge is -2.02. The first-order valence-electron chi connectivity index (χ1n) is 6.81. The molecule has 7 nitrogen and oxygen atoms in total. The maximum atomic E-state index is 12.0. The summed E-state index contributed by atoms with van der Waals surface area (Å²) in [6.45, 7) is 0. The summed E-state index contributed by atoms with van der Waals surface area (Å²) < 4.78 is 23.9. The lowest BCUT2D eigenvalue weighted by atomic mass is 10.1. The molecule has 2 aromatic rings. The molecule has 0 saturated heterocycles. The van der Waals surface area contributed by atoms with E-state index in [4.69, 9.17) is 0 Å². The molecule has 0 fully saturated rings. The van der Waals surface area contributed by atoms with Crippen LogP contribution in [0.2, 0.25) is 0 Å². The average Bonchev–Trinajstić information content (AvgIpc) is 2.55. The first kappa shape index (κ1) is 16.6. The lowest BCUT2D eigenvalue weighted by Crippen LogP contribution is -2.18. The summed E-state index contributed by atoms with van der Waals surface area (Å²) in [6, 6.07) is 14.4. The van der Waals surface area contributed by atoms with Crippen molar-refractivity contribution >= 4 is 21.9 Å². The first-order chi connectivity index (χ1) is 11.0. The van der Waals surface area contributed by atoms with Crippen molar-refractivity contribution in [2.45, 2.75) is 17.7 Å². The van der Waals surface area contributed by atoms with Gasteiger partial charge in [0.15, 0.2) is 0 Å². The molecule has 120 valence electrons. The molecule has 0 spiro atoms. The minimum absolute atomic E-state index is 0.0803. The molecule has 0 aliphatic rings. The maximum Gasteiger partial charge on any atom is 0.276 e. The van der Waals surface area contributed by atoms with Gasteiger partial charge < -0.3 is 0 Å². The molecule has 23 heavy (non-hydrogen) atoms. The molecule has 1 N–H and O–H groups in total. The largest absolute Gasteiger partial charge is 0.276 e. The zero-order chi connectivity index (χ0) is 16.7. The van der Waals surface area contributed by atoms with Gasteiger partial charge in [0, 0.05) is 18.3 Å². The molecule has 0 aromatic heterocycles. The van der Waals surface area contributed by atoms with Crippen LogP contribution in [-0.2, 0) is 16.4 Å². The van der Waals surface area contributed by atoms with Gasteiger partial charge in [-0.3, -0.25) is 10.1 Å². The smallest absolute Gasteiger partial charge is 0.258 e. The van der Waals surface area contributed by atoms with Gasteiger partial charge in [-0.1, -0.05) is 30.3 Å². The molecule has 2 aromatic carbocycles. The lowest BCUT2D eigenvalue weighted by molar-refractivity contribution is -0.384. The third kappa shape index (κ3) is 4.89. The van der Waals surface area contributed by atoms with Crippen LogP contribution in [0.15, 0.2) is 64.6 Å². The fourth-order valence-corrected chi connectivity index (χ4v) is 2.66. The molecular weight excluding hydrogens is 318 g/mol. The fraction of sp³-hybridized carbons (Fsp3) is 0.133. The number of hydrazone groups is 1. The van der Waals surface area contributed by atoms with E-state index < -0.39 is 14.9 Å². The van der Waals surface area contributed by atoms with E-state index in [-0.39, 0.29) is 10.6 Å². The minimum Gasteiger partial charge on any atom is -0.258 e. The van der Waals surface area contributed by atoms with Crippen LogP contribution in [0.25, 0.3) is 0 Å². The summed E-state index contributed by atoms with van der Waals surface area (Å²) in [5, 5.41) is 14.2. The molecule has 8 heteroatoms. The number of rotatable bonds is 7. The van der Waals surface area contributed by atoms with Gasteiger partial charge in [-0.25, -0.2) is 4.83 Å². The number of nitrogens with zero attached hydrogens (tertiary/aromatic N) is 2. The number of sulfonamides is 1. The fourth-order valence-electron chi connectivity index (χ4n) is 1.85. The SMILES string of the molecule is O=[N+]([O-])c1ccc(S(=O)(=O)N/N=C/CCc2ccccc2)cc1. The van der Waals surface area contributed by atoms with Crippen LogP contribution in [0.5, 0.6) is 0 Å². The van der Waals surface area contributed by atoms with E-state index in [0.29, 0.717) is 6.42 Å². The summed E-state index contributed by atoms with van der Waals surface area (Å²) >= 11 is 0. The van der Waals surface area contributed by atoms with Crippen LogP contribution in [0, 0.1) is 10.1 Å². The number of nitro groups is 1. The van der Waals surface area contributed by atoms with Crippen molar-refractivity contribution in [1.82, 2.24) is 4.83 Å². The number of aryl methyl sites for hydroxylation is 1. The average molecular weight is 333 g/mol. The van der Waals surface area contributed by atoms with E-state index in [9.17, 15) is 18.5 Å². The summed E-state index contributed by atoms with van der Waals surface area (Å²) in [7, 11) is -3.82. The Morgan fingerprint density at radius 3 is 2.35 bits per heavy atom. The monoisotopic (exact) mass is 333 g/mol. The molecule has 0 amide bonds. The second-order valence-corrected chi connectivity index (χ2v) is 6.34. The van der Waals surface area contributed by atoms with Crippen LogP contribution in [0.1, 0.15) is 12.0 Å². The number of nitro benzene ring substituents is 1. The van der Waals surface area contributed by atoms with Gasteiger partial charge in [-0.15, -0.1) is 0 Å². The first-order valence-corrected chi connectivity index (χ1v) is 8.29. The van der Waals surface area contributed by atoms with Crippen molar-refractivity contribution in [2.24, 2.45) is 5.10 Å². The Morgan fingerprint density at radius 2 is 1.74 bits per heavy atom. The summed E-state index contributed by atoms with van der Waals surface area (Å²) in [4.78, 5) is 11.9. The Bertz CT molecular complexity index is 787. The Morgan fingerprint density at radius 1 is 1.09 bits per heavy atom. The molecule has 0 aliphatic heterocycles. The minimum atomic E-state index is -3.82. The van der Waals surface area contributed by atoms with E-state index in [1.165, 1.54) is 18.3 Å². The van der Waals surface area contributed by atoms with Crippen molar-refractivity contribution in [3.05, 3.63) is 70.3 Å². The van der Waals surface area contributed by atoms with Gasteiger partial charge in [0.05, 0.1) is 9.82 Å². The molecule has 0 unspecified atom stereocenters. The van der Waals surface area contributed by atoms with Crippen molar-refractivity contribution in [3.8, 4) is 0 Å². The molecular formula is C15H15N3O4S. The van der Waals surface area contributed by atoms with Gasteiger partial charge >= 0.3 is 0 Å². The standard InChI is InChI=1S/C15H15N3O4S/c19-18(20)14-8-10-15(11-9-14)23(21,22)17-16-12-4-7-13-5-2-1-3-6-13/h1-3,5-6,8-12,17H,4,7H2/b16-12+. The zero-order valence-electron chi connectivity index (χ0n) is 12.1. The maximum absolute atomic E-state index is 12.0. The van der Waals surface area contributed by atoms with Crippen molar-refractivity contribution in [3.63, 3.8) is 0 Å². The third-order valence-corrected chi connectivity index (χ3v) is 4.27. The summed E-state index contributed by atoms with van der Waals surface area (Å²) in [5.41, 5.74) is 0.965. The highest BCUT2D eigenvalue weighted by Crippen LogP contribution is 2.15. The van der Waals surface area contributed by atoms with Crippen molar-refractivity contribution in [2.75, 3.05) is 0 Å². The molecule has 0 atom stereocenters. The molecule has 0 heterocycles. The van der Waals surface area contributed by atoms with Crippen LogP contribution in [0.3, 0.4) is 0 Å². The van der Waals surface area contributed by atoms with Crippen LogP contribution in [-0.4, -0.2) is 19.6 Å². The summed E-state index contributed by atoms with van der Waals surface area (Å²) in [6.07, 6.45) is 2.83. The predicted molar refractivity (Wildman–Crippen MR) is 86.7 cm³/mol. The highest BCUT2D eigenvalue weighted by atomic mass is 32.2. The zero-order valence-corrected chi connectivity index (χ0v) is 12.9. The third-order valence-electron chi connectivity index (χ3n) is 3.03. The van der Waals surface area contributed by atoms with Gasteiger partial charge in [0.2, 0.25) is 0 Å². The normalized spacial score (nSPS) is 11.5. The van der Waals surface area contributed by atoms with Gasteiger partial charge in [-0.2, -0.15) is 13.5 Å². The molecule has 0 radical (unpaired) electrons. The predicted octanol–water partition coefficient (Wildman–Crippen LogP) is 2.49. The molecule has 0 aliphatic carbocycles. The van der Waals surface area contributed by atoms with Gasteiger partial charge in [0.25, 0.3) is 15.7 Å². The Kier molecular flexibility index (Phi) is 5.42. The number of hydrogen-bond acceptors (Lipinski definition) is 5. The summed E-state index contributed by atoms with van der Waals surface area (Å²) in [5.74, 6) is 0. The van der Waals surface area contributed by atoms with E-state index >= 15 is 0 Å². The molecule has 0 bridgehead atoms. The van der Waals surface area contributed by atoms with Gasteiger partial charge in [0.1, 0.15) is 0 Å². The topological polar surface area (TPSA) is 102 Å². The number of non-ortho nitro benzene ring substituents is 1. The van der Waals surface area contributed by atoms with Gasteiger partial charge in [-0.05, 0) is 30.5 Å². The van der Waals surface area contributed by atoms with E-state index in [1.54, 1.807) is 0 Å².